The average Bonchev–Trinajstić information content (AvgIpc) is 2.45. The summed E-state index contributed by atoms with van der Waals surface area (Å²) in [4.78, 5) is 12.1. The minimum Gasteiger partial charge on any atom is -0.481 e. The van der Waals surface area contributed by atoms with Gasteiger partial charge in [0.2, 0.25) is 0 Å². The van der Waals surface area contributed by atoms with Gasteiger partial charge in [-0.3, -0.25) is 4.79 Å². The van der Waals surface area contributed by atoms with E-state index in [0.717, 1.165) is 5.56 Å². The topological polar surface area (TPSA) is 64.3 Å². The van der Waals surface area contributed by atoms with E-state index in [1.807, 2.05) is 31.2 Å². The van der Waals surface area contributed by atoms with Gasteiger partial charge in [0, 0.05) is 5.02 Å². The summed E-state index contributed by atoms with van der Waals surface area (Å²) >= 11 is 5.89. The van der Waals surface area contributed by atoms with Gasteiger partial charge in [0.05, 0.1) is 11.4 Å². The summed E-state index contributed by atoms with van der Waals surface area (Å²) in [5, 5.41) is 3.22. The Kier molecular flexibility index (Phi) is 4.70. The maximum Gasteiger partial charge on any atom is 0.265 e. The molecule has 5 heteroatoms. The Hall–Kier alpha value is -2.20. The lowest BCUT2D eigenvalue weighted by atomic mass is 10.2. The maximum atomic E-state index is 12.1. The third kappa shape index (κ3) is 4.13. The number of hydrogen-bond donors (Lipinski definition) is 2. The molecule has 2 rings (SSSR count). The first-order valence-electron chi connectivity index (χ1n) is 6.55. The molecule has 0 aliphatic heterocycles. The predicted molar refractivity (Wildman–Crippen MR) is 85.8 cm³/mol. The molecule has 21 heavy (non-hydrogen) atoms. The first-order chi connectivity index (χ1) is 9.95. The van der Waals surface area contributed by atoms with Crippen LogP contribution in [0.1, 0.15) is 12.5 Å². The number of aryl methyl sites for hydroxylation is 1. The van der Waals surface area contributed by atoms with E-state index in [-0.39, 0.29) is 5.91 Å². The molecule has 0 aromatic heterocycles. The molecule has 0 saturated carbocycles. The number of carbonyl (C=O) groups is 1. The highest BCUT2D eigenvalue weighted by Crippen LogP contribution is 2.23. The molecule has 0 aliphatic carbocycles. The van der Waals surface area contributed by atoms with Crippen LogP contribution in [0, 0.1) is 6.92 Å². The van der Waals surface area contributed by atoms with Crippen molar-refractivity contribution in [2.45, 2.75) is 20.0 Å². The molecule has 0 bridgehead atoms. The highest BCUT2D eigenvalue weighted by atomic mass is 35.5. The van der Waals surface area contributed by atoms with Crippen LogP contribution in [0.2, 0.25) is 5.02 Å². The van der Waals surface area contributed by atoms with E-state index >= 15 is 0 Å². The second-order valence-electron chi connectivity index (χ2n) is 4.79. The fourth-order valence-corrected chi connectivity index (χ4v) is 1.92. The zero-order chi connectivity index (χ0) is 15.4. The molecule has 0 aliphatic rings. The molecule has 0 spiro atoms. The molecule has 0 radical (unpaired) electrons. The SMILES string of the molecule is Cc1ccc(OC(C)C(=O)Nc2cc(Cl)ccc2N)cc1. The highest BCUT2D eigenvalue weighted by molar-refractivity contribution is 6.31. The van der Waals surface area contributed by atoms with E-state index in [1.165, 1.54) is 0 Å². The Morgan fingerprint density at radius 1 is 1.24 bits per heavy atom. The van der Waals surface area contributed by atoms with Crippen molar-refractivity contribution in [2.24, 2.45) is 0 Å². The molecule has 110 valence electrons. The van der Waals surface area contributed by atoms with Gasteiger partial charge in [-0.1, -0.05) is 29.3 Å². The molecule has 1 unspecified atom stereocenters. The molecule has 2 aromatic rings. The lowest BCUT2D eigenvalue weighted by Crippen LogP contribution is -2.30. The van der Waals surface area contributed by atoms with Gasteiger partial charge in [-0.25, -0.2) is 0 Å². The predicted octanol–water partition coefficient (Wildman–Crippen LogP) is 3.64. The van der Waals surface area contributed by atoms with E-state index in [2.05, 4.69) is 5.32 Å². The van der Waals surface area contributed by atoms with Crippen molar-refractivity contribution >= 4 is 28.9 Å². The van der Waals surface area contributed by atoms with Crippen molar-refractivity contribution in [3.05, 3.63) is 53.1 Å². The Morgan fingerprint density at radius 3 is 2.57 bits per heavy atom. The number of anilines is 2. The monoisotopic (exact) mass is 304 g/mol. The van der Waals surface area contributed by atoms with Crippen LogP contribution in [0.25, 0.3) is 0 Å². The van der Waals surface area contributed by atoms with Gasteiger partial charge >= 0.3 is 0 Å². The van der Waals surface area contributed by atoms with Crippen LogP contribution in [0.3, 0.4) is 0 Å². The number of nitrogens with one attached hydrogen (secondary N) is 1. The van der Waals surface area contributed by atoms with E-state index < -0.39 is 6.10 Å². The number of nitrogens with two attached hydrogens (primary N) is 1. The van der Waals surface area contributed by atoms with Crippen molar-refractivity contribution in [1.82, 2.24) is 0 Å². The van der Waals surface area contributed by atoms with Crippen LogP contribution in [0.4, 0.5) is 11.4 Å². The molecular weight excluding hydrogens is 288 g/mol. The number of amides is 1. The second-order valence-corrected chi connectivity index (χ2v) is 5.23. The van der Waals surface area contributed by atoms with E-state index in [0.29, 0.717) is 22.1 Å². The van der Waals surface area contributed by atoms with Crippen molar-refractivity contribution in [1.29, 1.82) is 0 Å². The number of halogens is 1. The summed E-state index contributed by atoms with van der Waals surface area (Å²) in [7, 11) is 0. The second kappa shape index (κ2) is 6.50. The van der Waals surface area contributed by atoms with Crippen molar-refractivity contribution in [2.75, 3.05) is 11.1 Å². The molecule has 1 amide bonds. The minimum atomic E-state index is -0.647. The van der Waals surface area contributed by atoms with Crippen LogP contribution in [0.5, 0.6) is 5.75 Å². The first kappa shape index (κ1) is 15.2. The lowest BCUT2D eigenvalue weighted by Gasteiger charge is -2.16. The van der Waals surface area contributed by atoms with Gasteiger partial charge in [-0.2, -0.15) is 0 Å². The molecule has 0 fully saturated rings. The zero-order valence-electron chi connectivity index (χ0n) is 11.9. The van der Waals surface area contributed by atoms with E-state index in [1.54, 1.807) is 25.1 Å². The fraction of sp³-hybridized carbons (Fsp3) is 0.188. The Bertz CT molecular complexity index is 641. The lowest BCUT2D eigenvalue weighted by molar-refractivity contribution is -0.122. The van der Waals surface area contributed by atoms with Crippen LogP contribution in [-0.2, 0) is 4.79 Å². The largest absolute Gasteiger partial charge is 0.481 e. The zero-order valence-corrected chi connectivity index (χ0v) is 12.6. The molecular formula is C16H17ClN2O2. The van der Waals surface area contributed by atoms with E-state index in [9.17, 15) is 4.79 Å². The number of carbonyl (C=O) groups excluding carboxylic acids is 1. The number of benzene rings is 2. The van der Waals surface area contributed by atoms with Gasteiger partial charge in [0.1, 0.15) is 5.75 Å². The van der Waals surface area contributed by atoms with Crippen LogP contribution >= 0.6 is 11.6 Å². The fourth-order valence-electron chi connectivity index (χ4n) is 1.75. The molecule has 4 nitrogen and oxygen atoms in total. The van der Waals surface area contributed by atoms with Gasteiger partial charge in [0.25, 0.3) is 5.91 Å². The van der Waals surface area contributed by atoms with Gasteiger partial charge in [-0.05, 0) is 44.2 Å². The quantitative estimate of drug-likeness (QED) is 0.848. The van der Waals surface area contributed by atoms with Crippen molar-refractivity contribution in [3.8, 4) is 5.75 Å². The van der Waals surface area contributed by atoms with Crippen LogP contribution < -0.4 is 15.8 Å². The third-order valence-corrected chi connectivity index (χ3v) is 3.21. The minimum absolute atomic E-state index is 0.287. The standard InChI is InChI=1S/C16H17ClN2O2/c1-10-3-6-13(7-4-10)21-11(2)16(20)19-15-9-12(17)5-8-14(15)18/h3-9,11H,18H2,1-2H3,(H,19,20). The number of ether oxygens (including phenoxy) is 1. The Labute approximate surface area is 128 Å². The van der Waals surface area contributed by atoms with Crippen LogP contribution in [-0.4, -0.2) is 12.0 Å². The number of hydrogen-bond acceptors (Lipinski definition) is 3. The van der Waals surface area contributed by atoms with Gasteiger partial charge < -0.3 is 15.8 Å². The van der Waals surface area contributed by atoms with Crippen molar-refractivity contribution < 1.29 is 9.53 Å². The van der Waals surface area contributed by atoms with Crippen molar-refractivity contribution in [3.63, 3.8) is 0 Å². The Balaban J connectivity index is 2.02. The normalized spacial score (nSPS) is 11.8. The third-order valence-electron chi connectivity index (χ3n) is 2.98. The summed E-state index contributed by atoms with van der Waals surface area (Å²) in [5.74, 6) is 0.354. The van der Waals surface area contributed by atoms with Crippen LogP contribution in [0.15, 0.2) is 42.5 Å². The molecule has 0 saturated heterocycles. The molecule has 1 atom stereocenters. The Morgan fingerprint density at radius 2 is 1.90 bits per heavy atom. The molecule has 3 N–H and O–H groups in total. The van der Waals surface area contributed by atoms with Gasteiger partial charge in [-0.15, -0.1) is 0 Å². The molecule has 0 heterocycles. The number of rotatable bonds is 4. The summed E-state index contributed by atoms with van der Waals surface area (Å²) < 4.78 is 5.59. The smallest absolute Gasteiger partial charge is 0.265 e. The van der Waals surface area contributed by atoms with E-state index in [4.69, 9.17) is 22.1 Å². The summed E-state index contributed by atoms with van der Waals surface area (Å²) in [6.45, 7) is 3.66. The van der Waals surface area contributed by atoms with Gasteiger partial charge in [0.15, 0.2) is 6.10 Å². The summed E-state index contributed by atoms with van der Waals surface area (Å²) in [6.07, 6.45) is -0.647. The highest BCUT2D eigenvalue weighted by Gasteiger charge is 2.16. The first-order valence-corrected chi connectivity index (χ1v) is 6.92. The maximum absolute atomic E-state index is 12.1. The summed E-state index contributed by atoms with van der Waals surface area (Å²) in [6, 6.07) is 12.4. The average molecular weight is 305 g/mol. The number of nitrogen functional groups attached to an aromatic ring is 1. The summed E-state index contributed by atoms with van der Waals surface area (Å²) in [5.41, 5.74) is 7.86. The molecule has 2 aromatic carbocycles.